The Morgan fingerprint density at radius 3 is 2.89 bits per heavy atom. The molecular weight excluding hydrogens is 386 g/mol. The standard InChI is InChI=1S/C12H14ClIN2O.ClH/c1-8-7-16(5-4-15-8)12(17)10-3-2-9(14)6-11(10)13;/h2-3,6,8,15H,4-5,7H2,1H3;1H. The van der Waals surface area contributed by atoms with E-state index in [-0.39, 0.29) is 18.3 Å². The van der Waals surface area contributed by atoms with E-state index < -0.39 is 0 Å². The topological polar surface area (TPSA) is 32.3 Å². The third-order valence-electron chi connectivity index (χ3n) is 2.82. The number of carbonyl (C=O) groups is 1. The number of amides is 1. The van der Waals surface area contributed by atoms with Crippen molar-refractivity contribution in [3.63, 3.8) is 0 Å². The highest BCUT2D eigenvalue weighted by atomic mass is 127. The van der Waals surface area contributed by atoms with Gasteiger partial charge in [-0.3, -0.25) is 4.79 Å². The molecule has 1 heterocycles. The highest BCUT2D eigenvalue weighted by Crippen LogP contribution is 2.21. The SMILES string of the molecule is CC1CN(C(=O)c2ccc(I)cc2Cl)CCN1.Cl. The molecule has 2 rings (SSSR count). The Labute approximate surface area is 132 Å². The Morgan fingerprint density at radius 2 is 2.28 bits per heavy atom. The largest absolute Gasteiger partial charge is 0.336 e. The number of rotatable bonds is 1. The van der Waals surface area contributed by atoms with Gasteiger partial charge in [0, 0.05) is 29.2 Å². The van der Waals surface area contributed by atoms with Crippen LogP contribution in [0.5, 0.6) is 0 Å². The van der Waals surface area contributed by atoms with Gasteiger partial charge in [-0.1, -0.05) is 11.6 Å². The number of nitrogens with one attached hydrogen (secondary N) is 1. The molecule has 0 spiro atoms. The van der Waals surface area contributed by atoms with Crippen LogP contribution < -0.4 is 5.32 Å². The quantitative estimate of drug-likeness (QED) is 0.735. The van der Waals surface area contributed by atoms with Crippen molar-refractivity contribution in [2.75, 3.05) is 19.6 Å². The summed E-state index contributed by atoms with van der Waals surface area (Å²) in [4.78, 5) is 14.1. The highest BCUT2D eigenvalue weighted by Gasteiger charge is 2.23. The van der Waals surface area contributed by atoms with Crippen molar-refractivity contribution in [1.29, 1.82) is 0 Å². The third-order valence-corrected chi connectivity index (χ3v) is 3.80. The predicted molar refractivity (Wildman–Crippen MR) is 84.8 cm³/mol. The normalized spacial score (nSPS) is 19.3. The number of hydrogen-bond acceptors (Lipinski definition) is 2. The zero-order valence-electron chi connectivity index (χ0n) is 9.95. The van der Waals surface area contributed by atoms with Gasteiger partial charge in [0.25, 0.3) is 5.91 Å². The van der Waals surface area contributed by atoms with E-state index in [4.69, 9.17) is 11.6 Å². The van der Waals surface area contributed by atoms with E-state index in [9.17, 15) is 4.79 Å². The van der Waals surface area contributed by atoms with Crippen molar-refractivity contribution >= 4 is 52.5 Å². The van der Waals surface area contributed by atoms with Crippen LogP contribution in [0.15, 0.2) is 18.2 Å². The first-order valence-corrected chi connectivity index (χ1v) is 7.01. The van der Waals surface area contributed by atoms with E-state index in [1.807, 2.05) is 17.0 Å². The van der Waals surface area contributed by atoms with E-state index >= 15 is 0 Å². The summed E-state index contributed by atoms with van der Waals surface area (Å²) in [6.45, 7) is 4.40. The second kappa shape index (κ2) is 6.93. The summed E-state index contributed by atoms with van der Waals surface area (Å²) < 4.78 is 1.04. The van der Waals surface area contributed by atoms with Gasteiger partial charge in [-0.05, 0) is 47.7 Å². The maximum atomic E-state index is 12.3. The number of hydrogen-bond donors (Lipinski definition) is 1. The second-order valence-corrected chi connectivity index (χ2v) is 5.88. The Kier molecular flexibility index (Phi) is 6.17. The van der Waals surface area contributed by atoms with Crippen LogP contribution in [0.4, 0.5) is 0 Å². The number of carbonyl (C=O) groups excluding carboxylic acids is 1. The zero-order chi connectivity index (χ0) is 12.4. The van der Waals surface area contributed by atoms with Gasteiger partial charge >= 0.3 is 0 Å². The molecule has 0 aromatic heterocycles. The van der Waals surface area contributed by atoms with Crippen LogP contribution in [-0.2, 0) is 0 Å². The van der Waals surface area contributed by atoms with Gasteiger partial charge in [-0.25, -0.2) is 0 Å². The minimum absolute atomic E-state index is 0. The molecule has 0 bridgehead atoms. The molecular formula is C12H15Cl2IN2O. The van der Waals surface area contributed by atoms with Gasteiger partial charge < -0.3 is 10.2 Å². The molecule has 1 N–H and O–H groups in total. The molecule has 18 heavy (non-hydrogen) atoms. The van der Waals surface area contributed by atoms with E-state index in [0.717, 1.165) is 23.2 Å². The molecule has 1 atom stereocenters. The van der Waals surface area contributed by atoms with E-state index in [1.165, 1.54) is 0 Å². The lowest BCUT2D eigenvalue weighted by Crippen LogP contribution is -2.51. The first-order chi connectivity index (χ1) is 8.08. The average Bonchev–Trinajstić information content (AvgIpc) is 2.28. The molecule has 100 valence electrons. The average molecular weight is 401 g/mol. The van der Waals surface area contributed by atoms with Gasteiger partial charge in [-0.15, -0.1) is 12.4 Å². The van der Waals surface area contributed by atoms with Crippen LogP contribution in [0.2, 0.25) is 5.02 Å². The summed E-state index contributed by atoms with van der Waals surface area (Å²) in [7, 11) is 0. The summed E-state index contributed by atoms with van der Waals surface area (Å²) in [5.74, 6) is 0.0275. The Bertz CT molecular complexity index is 442. The number of halogens is 3. The molecule has 1 aliphatic rings. The smallest absolute Gasteiger partial charge is 0.255 e. The van der Waals surface area contributed by atoms with Gasteiger partial charge in [0.05, 0.1) is 10.6 Å². The molecule has 0 aliphatic carbocycles. The number of nitrogens with zero attached hydrogens (tertiary/aromatic N) is 1. The monoisotopic (exact) mass is 400 g/mol. The van der Waals surface area contributed by atoms with Gasteiger partial charge in [0.1, 0.15) is 0 Å². The minimum Gasteiger partial charge on any atom is -0.336 e. The Balaban J connectivity index is 0.00000162. The van der Waals surface area contributed by atoms with Crippen molar-refractivity contribution in [1.82, 2.24) is 10.2 Å². The van der Waals surface area contributed by atoms with E-state index in [1.54, 1.807) is 6.07 Å². The minimum atomic E-state index is 0. The fourth-order valence-corrected chi connectivity index (χ4v) is 2.89. The zero-order valence-corrected chi connectivity index (χ0v) is 13.7. The second-order valence-electron chi connectivity index (χ2n) is 4.23. The van der Waals surface area contributed by atoms with Crippen LogP contribution >= 0.6 is 46.6 Å². The van der Waals surface area contributed by atoms with Crippen molar-refractivity contribution in [2.24, 2.45) is 0 Å². The maximum Gasteiger partial charge on any atom is 0.255 e. The Morgan fingerprint density at radius 1 is 1.56 bits per heavy atom. The fraction of sp³-hybridized carbons (Fsp3) is 0.417. The summed E-state index contributed by atoms with van der Waals surface area (Å²) in [5, 5.41) is 3.85. The molecule has 1 saturated heterocycles. The lowest BCUT2D eigenvalue weighted by molar-refractivity contribution is 0.0709. The molecule has 1 aromatic carbocycles. The molecule has 1 amide bonds. The van der Waals surface area contributed by atoms with Crippen LogP contribution in [0.3, 0.4) is 0 Å². The number of benzene rings is 1. The van der Waals surface area contributed by atoms with Crippen molar-refractivity contribution in [3.8, 4) is 0 Å². The van der Waals surface area contributed by atoms with Crippen molar-refractivity contribution in [2.45, 2.75) is 13.0 Å². The summed E-state index contributed by atoms with van der Waals surface area (Å²) in [5.41, 5.74) is 0.598. The van der Waals surface area contributed by atoms with E-state index in [2.05, 4.69) is 34.8 Å². The fourth-order valence-electron chi connectivity index (χ4n) is 1.95. The molecule has 3 nitrogen and oxygen atoms in total. The molecule has 1 unspecified atom stereocenters. The third kappa shape index (κ3) is 3.73. The summed E-state index contributed by atoms with van der Waals surface area (Å²) >= 11 is 8.30. The van der Waals surface area contributed by atoms with Crippen LogP contribution in [0.25, 0.3) is 0 Å². The van der Waals surface area contributed by atoms with E-state index in [0.29, 0.717) is 16.6 Å². The molecule has 1 aliphatic heterocycles. The number of piperazine rings is 1. The van der Waals surface area contributed by atoms with Gasteiger partial charge in [0.15, 0.2) is 0 Å². The van der Waals surface area contributed by atoms with Gasteiger partial charge in [-0.2, -0.15) is 0 Å². The van der Waals surface area contributed by atoms with Crippen LogP contribution in [0, 0.1) is 3.57 Å². The predicted octanol–water partition coefficient (Wildman–Crippen LogP) is 2.80. The summed E-state index contributed by atoms with van der Waals surface area (Å²) in [6.07, 6.45) is 0. The molecule has 0 saturated carbocycles. The lowest BCUT2D eigenvalue weighted by atomic mass is 10.1. The lowest BCUT2D eigenvalue weighted by Gasteiger charge is -2.32. The maximum absolute atomic E-state index is 12.3. The first kappa shape index (κ1) is 16.0. The van der Waals surface area contributed by atoms with Gasteiger partial charge in [0.2, 0.25) is 0 Å². The van der Waals surface area contributed by atoms with Crippen molar-refractivity contribution < 1.29 is 4.79 Å². The first-order valence-electron chi connectivity index (χ1n) is 5.55. The Hall–Kier alpha value is -0.0400. The summed E-state index contributed by atoms with van der Waals surface area (Å²) in [6, 6.07) is 5.88. The molecule has 1 fully saturated rings. The van der Waals surface area contributed by atoms with Crippen LogP contribution in [0.1, 0.15) is 17.3 Å². The highest BCUT2D eigenvalue weighted by molar-refractivity contribution is 14.1. The molecule has 0 radical (unpaired) electrons. The molecule has 6 heteroatoms. The van der Waals surface area contributed by atoms with Crippen LogP contribution in [-0.4, -0.2) is 36.5 Å². The molecule has 1 aromatic rings. The van der Waals surface area contributed by atoms with Crippen molar-refractivity contribution in [3.05, 3.63) is 32.4 Å².